The standard InChI is InChI=1S/C19H22ClFN6/c1-27(2)16-6-4-3-5-15(16)25-19-14(21)10-24-18(26-19)13-9-23-17-12(13)7-11(20)8-22-17/h7-10,15-16H,3-6H2,1-2H3,(H,22,23)(H,24,25,26). The molecular weight excluding hydrogens is 367 g/mol. The molecule has 8 heteroatoms. The number of halogens is 2. The Morgan fingerprint density at radius 2 is 2.04 bits per heavy atom. The number of hydrogen-bond donors (Lipinski definition) is 2. The van der Waals surface area contributed by atoms with Gasteiger partial charge in [-0.05, 0) is 33.0 Å². The predicted octanol–water partition coefficient (Wildman–Crippen LogP) is 4.10. The maximum absolute atomic E-state index is 14.4. The van der Waals surface area contributed by atoms with Crippen LogP contribution in [0.25, 0.3) is 22.4 Å². The van der Waals surface area contributed by atoms with Crippen molar-refractivity contribution in [2.24, 2.45) is 0 Å². The van der Waals surface area contributed by atoms with Crippen LogP contribution in [0.1, 0.15) is 25.7 Å². The number of nitrogens with one attached hydrogen (secondary N) is 2. The van der Waals surface area contributed by atoms with Crippen LogP contribution in [0.5, 0.6) is 0 Å². The van der Waals surface area contributed by atoms with E-state index in [0.717, 1.165) is 30.2 Å². The highest BCUT2D eigenvalue weighted by Gasteiger charge is 2.28. The largest absolute Gasteiger partial charge is 0.363 e. The van der Waals surface area contributed by atoms with Crippen molar-refractivity contribution in [3.05, 3.63) is 35.5 Å². The lowest BCUT2D eigenvalue weighted by Gasteiger charge is -2.36. The van der Waals surface area contributed by atoms with Crippen molar-refractivity contribution in [1.82, 2.24) is 24.8 Å². The zero-order valence-corrected chi connectivity index (χ0v) is 16.1. The highest BCUT2D eigenvalue weighted by molar-refractivity contribution is 6.31. The van der Waals surface area contributed by atoms with Gasteiger partial charge in [0.2, 0.25) is 0 Å². The number of aromatic nitrogens is 4. The summed E-state index contributed by atoms with van der Waals surface area (Å²) in [5.74, 6) is 0.229. The molecule has 0 aliphatic heterocycles. The Labute approximate surface area is 162 Å². The number of nitrogens with zero attached hydrogens (tertiary/aromatic N) is 4. The van der Waals surface area contributed by atoms with Crippen molar-refractivity contribution in [2.75, 3.05) is 19.4 Å². The molecule has 0 bridgehead atoms. The highest BCUT2D eigenvalue weighted by Crippen LogP contribution is 2.29. The average molecular weight is 389 g/mol. The second-order valence-corrected chi connectivity index (χ2v) is 7.64. The monoisotopic (exact) mass is 388 g/mol. The number of rotatable bonds is 4. The second-order valence-electron chi connectivity index (χ2n) is 7.21. The molecule has 0 saturated heterocycles. The summed E-state index contributed by atoms with van der Waals surface area (Å²) in [6, 6.07) is 2.32. The number of likely N-dealkylation sites (N-methyl/N-ethyl adjacent to an activating group) is 1. The summed E-state index contributed by atoms with van der Waals surface area (Å²) in [4.78, 5) is 18.2. The van der Waals surface area contributed by atoms with Crippen LogP contribution in [0.2, 0.25) is 5.02 Å². The van der Waals surface area contributed by atoms with Crippen molar-refractivity contribution >= 4 is 28.5 Å². The maximum atomic E-state index is 14.4. The van der Waals surface area contributed by atoms with E-state index in [9.17, 15) is 4.39 Å². The summed E-state index contributed by atoms with van der Waals surface area (Å²) in [7, 11) is 4.13. The molecule has 6 nitrogen and oxygen atoms in total. The van der Waals surface area contributed by atoms with Crippen molar-refractivity contribution in [1.29, 1.82) is 0 Å². The van der Waals surface area contributed by atoms with E-state index in [2.05, 4.69) is 44.2 Å². The van der Waals surface area contributed by atoms with Gasteiger partial charge in [-0.1, -0.05) is 24.4 Å². The van der Waals surface area contributed by atoms with Crippen LogP contribution in [0.4, 0.5) is 10.2 Å². The van der Waals surface area contributed by atoms with Crippen LogP contribution in [0.15, 0.2) is 24.7 Å². The first-order valence-electron chi connectivity index (χ1n) is 9.11. The number of anilines is 1. The molecule has 3 aromatic heterocycles. The van der Waals surface area contributed by atoms with Crippen molar-refractivity contribution in [3.63, 3.8) is 0 Å². The zero-order valence-electron chi connectivity index (χ0n) is 15.3. The third-order valence-electron chi connectivity index (χ3n) is 5.20. The lowest BCUT2D eigenvalue weighted by molar-refractivity contribution is 0.211. The van der Waals surface area contributed by atoms with Gasteiger partial charge >= 0.3 is 0 Å². The molecule has 2 atom stereocenters. The summed E-state index contributed by atoms with van der Waals surface area (Å²) in [6.45, 7) is 0. The van der Waals surface area contributed by atoms with E-state index in [-0.39, 0.29) is 11.9 Å². The Hall–Kier alpha value is -2.25. The molecule has 0 radical (unpaired) electrons. The van der Waals surface area contributed by atoms with Crippen LogP contribution in [-0.4, -0.2) is 51.0 Å². The van der Waals surface area contributed by atoms with Gasteiger partial charge in [-0.15, -0.1) is 0 Å². The van der Waals surface area contributed by atoms with E-state index in [0.29, 0.717) is 22.5 Å². The minimum Gasteiger partial charge on any atom is -0.363 e. The predicted molar refractivity (Wildman–Crippen MR) is 105 cm³/mol. The third kappa shape index (κ3) is 3.61. The van der Waals surface area contributed by atoms with E-state index in [1.807, 2.05) is 0 Å². The normalized spacial score (nSPS) is 20.3. The first-order chi connectivity index (χ1) is 13.0. The smallest absolute Gasteiger partial charge is 0.183 e. The molecule has 0 spiro atoms. The molecule has 4 rings (SSSR count). The quantitative estimate of drug-likeness (QED) is 0.704. The SMILES string of the molecule is CN(C)C1CCCCC1Nc1nc(-c2c[nH]c3ncc(Cl)cc23)ncc1F. The van der Waals surface area contributed by atoms with Crippen molar-refractivity contribution in [3.8, 4) is 11.4 Å². The highest BCUT2D eigenvalue weighted by atomic mass is 35.5. The fourth-order valence-corrected chi connectivity index (χ4v) is 3.99. The molecule has 0 amide bonds. The topological polar surface area (TPSA) is 69.7 Å². The van der Waals surface area contributed by atoms with Gasteiger partial charge in [0.25, 0.3) is 0 Å². The first kappa shape index (κ1) is 18.1. The summed E-state index contributed by atoms with van der Waals surface area (Å²) >= 11 is 6.07. The Kier molecular flexibility index (Phi) is 4.97. The Bertz CT molecular complexity index is 957. The molecule has 3 heterocycles. The van der Waals surface area contributed by atoms with E-state index < -0.39 is 5.82 Å². The molecule has 3 aromatic rings. The lowest BCUT2D eigenvalue weighted by Crippen LogP contribution is -2.45. The fourth-order valence-electron chi connectivity index (χ4n) is 3.83. The molecule has 142 valence electrons. The summed E-state index contributed by atoms with van der Waals surface area (Å²) in [5, 5.41) is 4.66. The first-order valence-corrected chi connectivity index (χ1v) is 9.49. The fraction of sp³-hybridized carbons (Fsp3) is 0.421. The number of fused-ring (bicyclic) bond motifs is 1. The van der Waals surface area contributed by atoms with E-state index in [1.165, 1.54) is 12.6 Å². The molecular formula is C19H22ClFN6. The van der Waals surface area contributed by atoms with Gasteiger partial charge in [0.15, 0.2) is 17.5 Å². The second kappa shape index (κ2) is 7.40. The van der Waals surface area contributed by atoms with Crippen LogP contribution < -0.4 is 5.32 Å². The summed E-state index contributed by atoms with van der Waals surface area (Å²) in [5.41, 5.74) is 1.44. The van der Waals surface area contributed by atoms with E-state index in [4.69, 9.17) is 11.6 Å². The molecule has 1 aliphatic carbocycles. The summed E-state index contributed by atoms with van der Waals surface area (Å²) < 4.78 is 14.4. The molecule has 1 saturated carbocycles. The van der Waals surface area contributed by atoms with E-state index >= 15 is 0 Å². The van der Waals surface area contributed by atoms with Crippen molar-refractivity contribution in [2.45, 2.75) is 37.8 Å². The molecule has 1 aliphatic rings. The number of H-pyrrole nitrogens is 1. The van der Waals surface area contributed by atoms with Gasteiger partial charge in [0.1, 0.15) is 5.65 Å². The van der Waals surface area contributed by atoms with Crippen LogP contribution in [-0.2, 0) is 0 Å². The van der Waals surface area contributed by atoms with Gasteiger partial charge < -0.3 is 15.2 Å². The molecule has 1 fully saturated rings. The molecule has 2 unspecified atom stereocenters. The molecule has 2 N–H and O–H groups in total. The van der Waals surface area contributed by atoms with Gasteiger partial charge in [0.05, 0.1) is 11.2 Å². The Morgan fingerprint density at radius 1 is 1.22 bits per heavy atom. The summed E-state index contributed by atoms with van der Waals surface area (Å²) in [6.07, 6.45) is 8.98. The number of aromatic amines is 1. The van der Waals surface area contributed by atoms with E-state index in [1.54, 1.807) is 18.5 Å². The van der Waals surface area contributed by atoms with Gasteiger partial charge in [-0.25, -0.2) is 19.3 Å². The molecule has 27 heavy (non-hydrogen) atoms. The Balaban J connectivity index is 1.68. The minimum atomic E-state index is -0.446. The van der Waals surface area contributed by atoms with Crippen LogP contribution in [0.3, 0.4) is 0 Å². The third-order valence-corrected chi connectivity index (χ3v) is 5.40. The molecule has 0 aromatic carbocycles. The number of pyridine rings is 1. The average Bonchev–Trinajstić information content (AvgIpc) is 3.07. The van der Waals surface area contributed by atoms with Gasteiger partial charge in [0, 0.05) is 35.4 Å². The lowest BCUT2D eigenvalue weighted by atomic mass is 9.89. The van der Waals surface area contributed by atoms with Crippen LogP contribution in [0, 0.1) is 5.82 Å². The Morgan fingerprint density at radius 3 is 2.85 bits per heavy atom. The maximum Gasteiger partial charge on any atom is 0.183 e. The van der Waals surface area contributed by atoms with Gasteiger partial charge in [-0.2, -0.15) is 0 Å². The minimum absolute atomic E-state index is 0.157. The number of hydrogen-bond acceptors (Lipinski definition) is 5. The van der Waals surface area contributed by atoms with Crippen molar-refractivity contribution < 1.29 is 4.39 Å². The zero-order chi connectivity index (χ0) is 19.0. The van der Waals surface area contributed by atoms with Crippen LogP contribution >= 0.6 is 11.6 Å². The van der Waals surface area contributed by atoms with Gasteiger partial charge in [-0.3, -0.25) is 0 Å².